The molecule has 0 spiro atoms. The van der Waals surface area contributed by atoms with Crippen LogP contribution in [0.25, 0.3) is 0 Å². The third-order valence-electron chi connectivity index (χ3n) is 3.18. The van der Waals surface area contributed by atoms with Crippen molar-refractivity contribution in [2.24, 2.45) is 0 Å². The Morgan fingerprint density at radius 3 is 2.86 bits per heavy atom. The van der Waals surface area contributed by atoms with Crippen LogP contribution in [0.1, 0.15) is 25.0 Å². The zero-order valence-electron chi connectivity index (χ0n) is 12.7. The molecule has 1 aromatic carbocycles. The van der Waals surface area contributed by atoms with E-state index in [0.717, 1.165) is 23.4 Å². The Hall–Kier alpha value is -2.14. The number of methoxy groups -OCH3 is 1. The SMILES string of the molecule is COc1ccc(CNC(C)C)cc1Cn1cccnc1=O. The fourth-order valence-corrected chi connectivity index (χ4v) is 2.08. The Morgan fingerprint density at radius 1 is 1.38 bits per heavy atom. The maximum Gasteiger partial charge on any atom is 0.347 e. The van der Waals surface area contributed by atoms with Crippen LogP contribution in [-0.2, 0) is 13.1 Å². The van der Waals surface area contributed by atoms with Gasteiger partial charge in [0, 0.05) is 30.5 Å². The normalized spacial score (nSPS) is 10.9. The summed E-state index contributed by atoms with van der Waals surface area (Å²) >= 11 is 0. The molecule has 21 heavy (non-hydrogen) atoms. The van der Waals surface area contributed by atoms with Gasteiger partial charge < -0.3 is 10.1 Å². The van der Waals surface area contributed by atoms with Crippen LogP contribution in [0.3, 0.4) is 0 Å². The van der Waals surface area contributed by atoms with E-state index in [1.54, 1.807) is 23.9 Å². The lowest BCUT2D eigenvalue weighted by molar-refractivity contribution is 0.407. The molecule has 5 nitrogen and oxygen atoms in total. The Labute approximate surface area is 124 Å². The molecular formula is C16H21N3O2. The molecule has 0 aliphatic heterocycles. The highest BCUT2D eigenvalue weighted by atomic mass is 16.5. The fraction of sp³-hybridized carbons (Fsp3) is 0.375. The summed E-state index contributed by atoms with van der Waals surface area (Å²) in [5.74, 6) is 0.777. The number of nitrogens with one attached hydrogen (secondary N) is 1. The molecule has 0 saturated carbocycles. The van der Waals surface area contributed by atoms with E-state index in [1.807, 2.05) is 12.1 Å². The second-order valence-electron chi connectivity index (χ2n) is 5.21. The topological polar surface area (TPSA) is 56.1 Å². The minimum absolute atomic E-state index is 0.259. The Balaban J connectivity index is 2.26. The van der Waals surface area contributed by atoms with Gasteiger partial charge in [0.05, 0.1) is 13.7 Å². The van der Waals surface area contributed by atoms with Gasteiger partial charge in [-0.05, 0) is 23.8 Å². The number of nitrogens with zero attached hydrogens (tertiary/aromatic N) is 2. The summed E-state index contributed by atoms with van der Waals surface area (Å²) in [6.45, 7) is 5.46. The number of hydrogen-bond acceptors (Lipinski definition) is 4. The predicted octanol–water partition coefficient (Wildman–Crippen LogP) is 1.80. The highest BCUT2D eigenvalue weighted by Gasteiger charge is 2.07. The molecule has 0 radical (unpaired) electrons. The van der Waals surface area contributed by atoms with Crippen LogP contribution in [0, 0.1) is 0 Å². The first-order valence-electron chi connectivity index (χ1n) is 7.01. The maximum atomic E-state index is 11.7. The van der Waals surface area contributed by atoms with E-state index in [1.165, 1.54) is 6.20 Å². The van der Waals surface area contributed by atoms with E-state index in [0.29, 0.717) is 12.6 Å². The molecule has 2 rings (SSSR count). The minimum atomic E-state index is -0.259. The molecule has 0 atom stereocenters. The highest BCUT2D eigenvalue weighted by Crippen LogP contribution is 2.20. The molecule has 0 saturated heterocycles. The summed E-state index contributed by atoms with van der Waals surface area (Å²) in [6, 6.07) is 8.21. The molecule has 1 aromatic heterocycles. The molecule has 1 N–H and O–H groups in total. The van der Waals surface area contributed by atoms with Crippen molar-refractivity contribution in [3.8, 4) is 5.75 Å². The van der Waals surface area contributed by atoms with Gasteiger partial charge in [0.25, 0.3) is 0 Å². The molecule has 0 unspecified atom stereocenters. The summed E-state index contributed by atoms with van der Waals surface area (Å²) in [6.07, 6.45) is 3.23. The van der Waals surface area contributed by atoms with Crippen molar-refractivity contribution in [2.75, 3.05) is 7.11 Å². The quantitative estimate of drug-likeness (QED) is 0.880. The van der Waals surface area contributed by atoms with Gasteiger partial charge in [-0.25, -0.2) is 9.78 Å². The number of ether oxygens (including phenoxy) is 1. The van der Waals surface area contributed by atoms with Crippen molar-refractivity contribution in [3.05, 3.63) is 58.3 Å². The van der Waals surface area contributed by atoms with Gasteiger partial charge in [-0.15, -0.1) is 0 Å². The molecule has 112 valence electrons. The predicted molar refractivity (Wildman–Crippen MR) is 82.6 cm³/mol. The van der Waals surface area contributed by atoms with Crippen molar-refractivity contribution < 1.29 is 4.74 Å². The van der Waals surface area contributed by atoms with Crippen LogP contribution in [0.4, 0.5) is 0 Å². The van der Waals surface area contributed by atoms with Crippen LogP contribution >= 0.6 is 0 Å². The lowest BCUT2D eigenvalue weighted by atomic mass is 10.1. The third kappa shape index (κ3) is 4.16. The molecular weight excluding hydrogens is 266 g/mol. The summed E-state index contributed by atoms with van der Waals surface area (Å²) in [5.41, 5.74) is 1.87. The van der Waals surface area contributed by atoms with Crippen LogP contribution in [-0.4, -0.2) is 22.7 Å². The van der Waals surface area contributed by atoms with Crippen molar-refractivity contribution in [2.45, 2.75) is 33.0 Å². The van der Waals surface area contributed by atoms with E-state index in [2.05, 4.69) is 30.2 Å². The number of rotatable bonds is 6. The van der Waals surface area contributed by atoms with E-state index >= 15 is 0 Å². The summed E-state index contributed by atoms with van der Waals surface area (Å²) < 4.78 is 6.95. The number of benzene rings is 1. The first-order chi connectivity index (χ1) is 10.1. The van der Waals surface area contributed by atoms with E-state index in [-0.39, 0.29) is 5.69 Å². The monoisotopic (exact) mass is 287 g/mol. The van der Waals surface area contributed by atoms with Gasteiger partial charge in [-0.3, -0.25) is 4.57 Å². The molecule has 0 aliphatic rings. The largest absolute Gasteiger partial charge is 0.496 e. The van der Waals surface area contributed by atoms with Crippen LogP contribution in [0.5, 0.6) is 5.75 Å². The van der Waals surface area contributed by atoms with Gasteiger partial charge in [0.15, 0.2) is 0 Å². The van der Waals surface area contributed by atoms with Gasteiger partial charge in [0.2, 0.25) is 0 Å². The molecule has 2 aromatic rings. The Morgan fingerprint density at radius 2 is 2.19 bits per heavy atom. The van der Waals surface area contributed by atoms with Crippen LogP contribution in [0.15, 0.2) is 41.5 Å². The molecule has 0 aliphatic carbocycles. The second-order valence-corrected chi connectivity index (χ2v) is 5.21. The third-order valence-corrected chi connectivity index (χ3v) is 3.18. The first-order valence-corrected chi connectivity index (χ1v) is 7.01. The molecule has 5 heteroatoms. The standard InChI is InChI=1S/C16H21N3O2/c1-12(2)18-10-13-5-6-15(21-3)14(9-13)11-19-8-4-7-17-16(19)20/h4-9,12,18H,10-11H2,1-3H3. The number of aromatic nitrogens is 2. The molecule has 0 fully saturated rings. The van der Waals surface area contributed by atoms with E-state index < -0.39 is 0 Å². The summed E-state index contributed by atoms with van der Waals surface area (Å²) in [7, 11) is 1.64. The lowest BCUT2D eigenvalue weighted by Crippen LogP contribution is -2.23. The van der Waals surface area contributed by atoms with Gasteiger partial charge in [-0.1, -0.05) is 19.9 Å². The lowest BCUT2D eigenvalue weighted by Gasteiger charge is -2.13. The van der Waals surface area contributed by atoms with Crippen LogP contribution in [0.2, 0.25) is 0 Å². The molecule has 0 bridgehead atoms. The van der Waals surface area contributed by atoms with Crippen molar-refractivity contribution in [3.63, 3.8) is 0 Å². The van der Waals surface area contributed by atoms with Crippen molar-refractivity contribution in [1.82, 2.24) is 14.9 Å². The maximum absolute atomic E-state index is 11.7. The highest BCUT2D eigenvalue weighted by molar-refractivity contribution is 5.37. The molecule has 0 amide bonds. The average Bonchev–Trinajstić information content (AvgIpc) is 2.47. The van der Waals surface area contributed by atoms with Crippen molar-refractivity contribution >= 4 is 0 Å². The molecule has 1 heterocycles. The van der Waals surface area contributed by atoms with E-state index in [4.69, 9.17) is 4.74 Å². The zero-order chi connectivity index (χ0) is 15.2. The average molecular weight is 287 g/mol. The second kappa shape index (κ2) is 7.04. The van der Waals surface area contributed by atoms with E-state index in [9.17, 15) is 4.79 Å². The Kier molecular flexibility index (Phi) is 5.11. The van der Waals surface area contributed by atoms with Gasteiger partial charge in [-0.2, -0.15) is 0 Å². The number of hydrogen-bond donors (Lipinski definition) is 1. The first kappa shape index (κ1) is 15.3. The van der Waals surface area contributed by atoms with Crippen LogP contribution < -0.4 is 15.7 Å². The van der Waals surface area contributed by atoms with Gasteiger partial charge >= 0.3 is 5.69 Å². The summed E-state index contributed by atoms with van der Waals surface area (Å²) in [5, 5.41) is 3.38. The summed E-state index contributed by atoms with van der Waals surface area (Å²) in [4.78, 5) is 15.5. The van der Waals surface area contributed by atoms with Crippen molar-refractivity contribution in [1.29, 1.82) is 0 Å². The smallest absolute Gasteiger partial charge is 0.347 e. The Bertz CT molecular complexity index is 650. The minimum Gasteiger partial charge on any atom is -0.496 e. The fourth-order valence-electron chi connectivity index (χ4n) is 2.08. The zero-order valence-corrected chi connectivity index (χ0v) is 12.7. The van der Waals surface area contributed by atoms with Gasteiger partial charge in [0.1, 0.15) is 5.75 Å².